The van der Waals surface area contributed by atoms with Gasteiger partial charge < -0.3 is 9.47 Å². The van der Waals surface area contributed by atoms with Gasteiger partial charge in [0.25, 0.3) is 0 Å². The molecule has 1 aliphatic rings. The van der Waals surface area contributed by atoms with Gasteiger partial charge in [0.2, 0.25) is 0 Å². The molecule has 0 aromatic carbocycles. The Morgan fingerprint density at radius 3 is 2.11 bits per heavy atom. The molecule has 0 radical (unpaired) electrons. The summed E-state index contributed by atoms with van der Waals surface area (Å²) in [6.45, 7) is 5.16. The molecule has 5 nitrogen and oxygen atoms in total. The third kappa shape index (κ3) is 3.22. The summed E-state index contributed by atoms with van der Waals surface area (Å²) < 4.78 is 9.94. The van der Waals surface area contributed by atoms with Crippen molar-refractivity contribution in [3.05, 3.63) is 11.6 Å². The van der Waals surface area contributed by atoms with E-state index in [1.165, 1.54) is 13.0 Å². The maximum absolute atomic E-state index is 12.1. The van der Waals surface area contributed by atoms with Crippen molar-refractivity contribution in [2.45, 2.75) is 40.0 Å². The second-order valence-corrected chi connectivity index (χ2v) is 4.56. The average Bonchev–Trinajstić information content (AvgIpc) is 2.38. The minimum atomic E-state index is -1.51. The quantitative estimate of drug-likeness (QED) is 0.561. The molecule has 0 heterocycles. The van der Waals surface area contributed by atoms with Crippen LogP contribution in [-0.4, -0.2) is 30.9 Å². The molecule has 0 aromatic heterocycles. The Labute approximate surface area is 112 Å². The van der Waals surface area contributed by atoms with Crippen molar-refractivity contribution in [2.24, 2.45) is 5.41 Å². The van der Waals surface area contributed by atoms with Crippen LogP contribution in [0.1, 0.15) is 40.0 Å². The van der Waals surface area contributed by atoms with Crippen molar-refractivity contribution < 1.29 is 23.9 Å². The maximum atomic E-state index is 12.1. The van der Waals surface area contributed by atoms with Crippen molar-refractivity contribution in [3.63, 3.8) is 0 Å². The minimum Gasteiger partial charge on any atom is -0.465 e. The van der Waals surface area contributed by atoms with Gasteiger partial charge in [-0.1, -0.05) is 0 Å². The molecule has 0 saturated heterocycles. The zero-order valence-corrected chi connectivity index (χ0v) is 11.7. The predicted octanol–water partition coefficient (Wildman–Crippen LogP) is 1.80. The molecule has 1 rings (SSSR count). The zero-order valence-electron chi connectivity index (χ0n) is 11.7. The number of ether oxygens (including phenoxy) is 2. The number of carbonyl (C=O) groups is 3. The van der Waals surface area contributed by atoms with Gasteiger partial charge in [0.15, 0.2) is 11.2 Å². The monoisotopic (exact) mass is 268 g/mol. The Kier molecular flexibility index (Phi) is 5.27. The van der Waals surface area contributed by atoms with Gasteiger partial charge in [0.05, 0.1) is 13.2 Å². The Balaban J connectivity index is 3.14. The van der Waals surface area contributed by atoms with Crippen LogP contribution in [0.4, 0.5) is 0 Å². The number of hydrogen-bond acceptors (Lipinski definition) is 5. The summed E-state index contributed by atoms with van der Waals surface area (Å²) >= 11 is 0. The van der Waals surface area contributed by atoms with Crippen LogP contribution >= 0.6 is 0 Å². The summed E-state index contributed by atoms with van der Waals surface area (Å²) in [5.74, 6) is -1.38. The van der Waals surface area contributed by atoms with Crippen molar-refractivity contribution in [1.82, 2.24) is 0 Å². The van der Waals surface area contributed by atoms with E-state index in [0.29, 0.717) is 24.8 Å². The summed E-state index contributed by atoms with van der Waals surface area (Å²) in [6, 6.07) is 0. The second kappa shape index (κ2) is 6.50. The number of esters is 2. The van der Waals surface area contributed by atoms with Gasteiger partial charge in [-0.15, -0.1) is 0 Å². The molecule has 0 N–H and O–H groups in total. The van der Waals surface area contributed by atoms with Gasteiger partial charge in [-0.05, 0) is 45.3 Å². The van der Waals surface area contributed by atoms with Crippen LogP contribution in [0.3, 0.4) is 0 Å². The molecule has 0 unspecified atom stereocenters. The third-order valence-corrected chi connectivity index (χ3v) is 3.21. The lowest BCUT2D eigenvalue weighted by atomic mass is 9.76. The van der Waals surface area contributed by atoms with E-state index >= 15 is 0 Å². The Morgan fingerprint density at radius 2 is 1.68 bits per heavy atom. The highest BCUT2D eigenvalue weighted by Gasteiger charge is 2.48. The van der Waals surface area contributed by atoms with Gasteiger partial charge in [0.1, 0.15) is 0 Å². The molecule has 5 heteroatoms. The van der Waals surface area contributed by atoms with Gasteiger partial charge in [-0.3, -0.25) is 14.4 Å². The highest BCUT2D eigenvalue weighted by Crippen LogP contribution is 2.36. The van der Waals surface area contributed by atoms with Crippen LogP contribution in [0.15, 0.2) is 11.6 Å². The summed E-state index contributed by atoms with van der Waals surface area (Å²) in [4.78, 5) is 35.7. The molecule has 0 bridgehead atoms. The SMILES string of the molecule is CCOC(=O)C(C)(C(=O)OCC)C1=CC(=O)CCC1. The highest BCUT2D eigenvalue weighted by molar-refractivity contribution is 6.05. The minimum absolute atomic E-state index is 0.0685. The van der Waals surface area contributed by atoms with Crippen LogP contribution in [-0.2, 0) is 23.9 Å². The molecular formula is C14H20O5. The van der Waals surface area contributed by atoms with E-state index < -0.39 is 17.4 Å². The van der Waals surface area contributed by atoms with E-state index in [9.17, 15) is 14.4 Å². The molecule has 0 atom stereocenters. The second-order valence-electron chi connectivity index (χ2n) is 4.56. The summed E-state index contributed by atoms with van der Waals surface area (Å²) in [6.07, 6.45) is 3.00. The van der Waals surface area contributed by atoms with Crippen LogP contribution in [0, 0.1) is 5.41 Å². The maximum Gasteiger partial charge on any atom is 0.327 e. The lowest BCUT2D eigenvalue weighted by Crippen LogP contribution is -2.42. The Morgan fingerprint density at radius 1 is 1.16 bits per heavy atom. The fraction of sp³-hybridized carbons (Fsp3) is 0.643. The van der Waals surface area contributed by atoms with E-state index in [1.54, 1.807) is 13.8 Å². The summed E-state index contributed by atoms with van der Waals surface area (Å²) in [5.41, 5.74) is -1.03. The molecule has 0 aromatic rings. The lowest BCUT2D eigenvalue weighted by molar-refractivity contribution is -0.167. The largest absolute Gasteiger partial charge is 0.465 e. The van der Waals surface area contributed by atoms with Crippen LogP contribution in [0.5, 0.6) is 0 Å². The molecular weight excluding hydrogens is 248 g/mol. The average molecular weight is 268 g/mol. The third-order valence-electron chi connectivity index (χ3n) is 3.21. The number of allylic oxidation sites excluding steroid dienone is 1. The number of ketones is 1. The molecule has 0 amide bonds. The van der Waals surface area contributed by atoms with E-state index in [1.807, 2.05) is 0 Å². The van der Waals surface area contributed by atoms with Gasteiger partial charge in [-0.2, -0.15) is 0 Å². The van der Waals surface area contributed by atoms with Crippen LogP contribution < -0.4 is 0 Å². The normalized spacial score (nSPS) is 15.7. The molecule has 0 fully saturated rings. The molecule has 19 heavy (non-hydrogen) atoms. The first kappa shape index (κ1) is 15.4. The van der Waals surface area contributed by atoms with E-state index in [0.717, 1.165) is 0 Å². The molecule has 0 saturated carbocycles. The number of rotatable bonds is 5. The van der Waals surface area contributed by atoms with Gasteiger partial charge >= 0.3 is 11.9 Å². The predicted molar refractivity (Wildman–Crippen MR) is 68.3 cm³/mol. The van der Waals surface area contributed by atoms with E-state index in [4.69, 9.17) is 9.47 Å². The first-order valence-corrected chi connectivity index (χ1v) is 6.55. The van der Waals surface area contributed by atoms with Crippen LogP contribution in [0.25, 0.3) is 0 Å². The fourth-order valence-electron chi connectivity index (χ4n) is 2.08. The smallest absolute Gasteiger partial charge is 0.327 e. The molecule has 0 aliphatic heterocycles. The van der Waals surface area contributed by atoms with Gasteiger partial charge in [-0.25, -0.2) is 0 Å². The molecule has 1 aliphatic carbocycles. The highest BCUT2D eigenvalue weighted by atomic mass is 16.6. The van der Waals surface area contributed by atoms with Crippen molar-refractivity contribution in [2.75, 3.05) is 13.2 Å². The van der Waals surface area contributed by atoms with Crippen molar-refractivity contribution in [1.29, 1.82) is 0 Å². The number of carbonyl (C=O) groups excluding carboxylic acids is 3. The van der Waals surface area contributed by atoms with E-state index in [-0.39, 0.29) is 19.0 Å². The first-order valence-electron chi connectivity index (χ1n) is 6.55. The first-order chi connectivity index (χ1) is 8.96. The molecule has 0 spiro atoms. The van der Waals surface area contributed by atoms with Crippen molar-refractivity contribution in [3.8, 4) is 0 Å². The van der Waals surface area contributed by atoms with Crippen LogP contribution in [0.2, 0.25) is 0 Å². The lowest BCUT2D eigenvalue weighted by Gasteiger charge is -2.29. The zero-order chi connectivity index (χ0) is 14.5. The van der Waals surface area contributed by atoms with E-state index in [2.05, 4.69) is 0 Å². The Hall–Kier alpha value is -1.65. The van der Waals surface area contributed by atoms with Gasteiger partial charge in [0, 0.05) is 6.42 Å². The number of hydrogen-bond donors (Lipinski definition) is 0. The summed E-state index contributed by atoms with van der Waals surface area (Å²) in [7, 11) is 0. The standard InChI is InChI=1S/C14H20O5/c1-4-18-12(16)14(3,13(17)19-5-2)10-7-6-8-11(15)9-10/h9H,4-8H2,1-3H3. The Bertz CT molecular complexity index is 390. The van der Waals surface area contributed by atoms with Crippen molar-refractivity contribution >= 4 is 17.7 Å². The molecule has 106 valence electrons. The topological polar surface area (TPSA) is 69.7 Å². The summed E-state index contributed by atoms with van der Waals surface area (Å²) in [5, 5.41) is 0. The fourth-order valence-corrected chi connectivity index (χ4v) is 2.08.